The number of nitrogens with two attached hydrogens (primary N) is 1. The quantitative estimate of drug-likeness (QED) is 0.557. The van der Waals surface area contributed by atoms with Crippen molar-refractivity contribution in [2.75, 3.05) is 0 Å². The van der Waals surface area contributed by atoms with Gasteiger partial charge in [-0.3, -0.25) is 23.9 Å². The van der Waals surface area contributed by atoms with Crippen LogP contribution in [0.3, 0.4) is 0 Å². The summed E-state index contributed by atoms with van der Waals surface area (Å²) >= 11 is 0. The lowest BCUT2D eigenvalue weighted by molar-refractivity contribution is -0.125. The lowest BCUT2D eigenvalue weighted by Gasteiger charge is -2.30. The Labute approximate surface area is 184 Å². The molecule has 2 aromatic rings. The number of aromatic hydroxyl groups is 1. The van der Waals surface area contributed by atoms with Crippen molar-refractivity contribution in [1.29, 1.82) is 0 Å². The highest BCUT2D eigenvalue weighted by Gasteiger charge is 2.35. The molecule has 0 bridgehead atoms. The summed E-state index contributed by atoms with van der Waals surface area (Å²) in [6.45, 7) is 0. The predicted octanol–water partition coefficient (Wildman–Crippen LogP) is 1.52. The van der Waals surface area contributed by atoms with E-state index in [1.54, 1.807) is 0 Å². The summed E-state index contributed by atoms with van der Waals surface area (Å²) in [6, 6.07) is 10.0. The van der Waals surface area contributed by atoms with Gasteiger partial charge in [-0.15, -0.1) is 0 Å². The topological polar surface area (TPSA) is 147 Å². The SMILES string of the molecule is NC(=O)c1[nH]c(=O)n([C@@H]2CC[C@@H](C(=O)NC3CCC(c4ccccc4)CC3)C2)c(=O)c1O. The molecule has 2 atom stereocenters. The Morgan fingerprint density at radius 3 is 2.38 bits per heavy atom. The second kappa shape index (κ2) is 9.02. The first-order valence-corrected chi connectivity index (χ1v) is 11.1. The molecule has 170 valence electrons. The summed E-state index contributed by atoms with van der Waals surface area (Å²) in [4.78, 5) is 51.0. The molecule has 0 unspecified atom stereocenters. The van der Waals surface area contributed by atoms with E-state index in [9.17, 15) is 24.3 Å². The van der Waals surface area contributed by atoms with E-state index in [1.165, 1.54) is 5.56 Å². The molecule has 1 heterocycles. The van der Waals surface area contributed by atoms with Gasteiger partial charge in [0.15, 0.2) is 5.69 Å². The smallest absolute Gasteiger partial charge is 0.329 e. The number of nitrogens with one attached hydrogen (secondary N) is 2. The zero-order chi connectivity index (χ0) is 22.8. The van der Waals surface area contributed by atoms with Crippen molar-refractivity contribution in [3.63, 3.8) is 0 Å². The summed E-state index contributed by atoms with van der Waals surface area (Å²) in [7, 11) is 0. The van der Waals surface area contributed by atoms with E-state index in [0.717, 1.165) is 30.3 Å². The highest BCUT2D eigenvalue weighted by atomic mass is 16.3. The van der Waals surface area contributed by atoms with Gasteiger partial charge >= 0.3 is 5.69 Å². The van der Waals surface area contributed by atoms with Gasteiger partial charge in [-0.05, 0) is 56.4 Å². The molecule has 1 aromatic carbocycles. The molecule has 0 spiro atoms. The number of hydrogen-bond donors (Lipinski definition) is 4. The minimum atomic E-state index is -1.09. The third kappa shape index (κ3) is 4.32. The molecule has 9 heteroatoms. The highest BCUT2D eigenvalue weighted by Crippen LogP contribution is 2.35. The molecular formula is C23H28N4O5. The van der Waals surface area contributed by atoms with Gasteiger partial charge in [0, 0.05) is 18.0 Å². The lowest BCUT2D eigenvalue weighted by atomic mass is 9.81. The number of aromatic amines is 1. The van der Waals surface area contributed by atoms with Crippen LogP contribution in [0.1, 0.15) is 73.0 Å². The monoisotopic (exact) mass is 440 g/mol. The van der Waals surface area contributed by atoms with E-state index in [0.29, 0.717) is 25.2 Å². The van der Waals surface area contributed by atoms with Gasteiger partial charge in [0.05, 0.1) is 0 Å². The first kappa shape index (κ1) is 21.9. The van der Waals surface area contributed by atoms with Crippen molar-refractivity contribution in [3.8, 4) is 5.75 Å². The molecule has 4 rings (SSSR count). The van der Waals surface area contributed by atoms with Crippen LogP contribution in [0.2, 0.25) is 0 Å². The fourth-order valence-corrected chi connectivity index (χ4v) is 5.10. The van der Waals surface area contributed by atoms with Crippen LogP contribution in [0.4, 0.5) is 0 Å². The molecular weight excluding hydrogens is 412 g/mol. The molecule has 0 radical (unpaired) electrons. The number of aromatic nitrogens is 2. The number of carbonyl (C=O) groups excluding carboxylic acids is 2. The number of primary amides is 1. The zero-order valence-corrected chi connectivity index (χ0v) is 17.8. The molecule has 2 aliphatic rings. The minimum absolute atomic E-state index is 0.0573. The molecule has 2 fully saturated rings. The van der Waals surface area contributed by atoms with Crippen molar-refractivity contribution < 1.29 is 14.7 Å². The zero-order valence-electron chi connectivity index (χ0n) is 17.8. The van der Waals surface area contributed by atoms with Gasteiger partial charge in [-0.25, -0.2) is 4.79 Å². The number of benzene rings is 1. The highest BCUT2D eigenvalue weighted by molar-refractivity contribution is 5.93. The number of hydrogen-bond acceptors (Lipinski definition) is 5. The van der Waals surface area contributed by atoms with Crippen LogP contribution in [0.15, 0.2) is 39.9 Å². The Bertz CT molecular complexity index is 1120. The first-order chi connectivity index (χ1) is 15.3. The molecule has 32 heavy (non-hydrogen) atoms. The maximum absolute atomic E-state index is 12.8. The third-order valence-electron chi connectivity index (χ3n) is 6.84. The van der Waals surface area contributed by atoms with Gasteiger partial charge in [0.1, 0.15) is 0 Å². The van der Waals surface area contributed by atoms with E-state index < -0.39 is 34.6 Å². The lowest BCUT2D eigenvalue weighted by Crippen LogP contribution is -2.41. The van der Waals surface area contributed by atoms with Crippen LogP contribution in [-0.4, -0.2) is 32.5 Å². The largest absolute Gasteiger partial charge is 0.501 e. The second-order valence-electron chi connectivity index (χ2n) is 8.82. The molecule has 2 amide bonds. The van der Waals surface area contributed by atoms with Crippen molar-refractivity contribution in [1.82, 2.24) is 14.9 Å². The van der Waals surface area contributed by atoms with Crippen molar-refractivity contribution in [2.24, 2.45) is 11.7 Å². The molecule has 0 saturated heterocycles. The van der Waals surface area contributed by atoms with Gasteiger partial charge in [-0.2, -0.15) is 0 Å². The summed E-state index contributed by atoms with van der Waals surface area (Å²) in [5.41, 5.74) is 4.04. The predicted molar refractivity (Wildman–Crippen MR) is 117 cm³/mol. The summed E-state index contributed by atoms with van der Waals surface area (Å²) in [5, 5.41) is 13.1. The van der Waals surface area contributed by atoms with Gasteiger partial charge < -0.3 is 16.2 Å². The van der Waals surface area contributed by atoms with E-state index in [1.807, 2.05) is 6.07 Å². The fraction of sp³-hybridized carbons (Fsp3) is 0.478. The standard InChI is InChI=1S/C23H28N4O5/c24-20(29)18-19(28)22(31)27(23(32)26-18)17-11-8-15(12-17)21(30)25-16-9-6-14(7-10-16)13-4-2-1-3-5-13/h1-5,14-17,28H,6-12H2,(H2,24,29)(H,25,30)(H,26,32)/t14?,15-,16?,17-/m1/s1. The van der Waals surface area contributed by atoms with Gasteiger partial charge in [-0.1, -0.05) is 30.3 Å². The van der Waals surface area contributed by atoms with E-state index >= 15 is 0 Å². The van der Waals surface area contributed by atoms with Crippen LogP contribution in [0, 0.1) is 5.92 Å². The maximum Gasteiger partial charge on any atom is 0.329 e. The van der Waals surface area contributed by atoms with Crippen LogP contribution < -0.4 is 22.3 Å². The Balaban J connectivity index is 1.36. The molecule has 0 aliphatic heterocycles. The molecule has 2 aliphatic carbocycles. The fourth-order valence-electron chi connectivity index (χ4n) is 5.10. The van der Waals surface area contributed by atoms with Crippen molar-refractivity contribution >= 4 is 11.8 Å². The second-order valence-corrected chi connectivity index (χ2v) is 8.82. The van der Waals surface area contributed by atoms with Crippen LogP contribution >= 0.6 is 0 Å². The van der Waals surface area contributed by atoms with Crippen molar-refractivity contribution in [2.45, 2.75) is 62.9 Å². The summed E-state index contributed by atoms with van der Waals surface area (Å²) < 4.78 is 0.889. The van der Waals surface area contributed by atoms with Crippen LogP contribution in [-0.2, 0) is 4.79 Å². The molecule has 1 aromatic heterocycles. The average Bonchev–Trinajstić information content (AvgIpc) is 3.27. The normalized spacial score (nSPS) is 25.4. The third-order valence-corrected chi connectivity index (χ3v) is 6.84. The van der Waals surface area contributed by atoms with E-state index in [-0.39, 0.29) is 17.9 Å². The molecule has 2 saturated carbocycles. The average molecular weight is 441 g/mol. The number of amides is 2. The molecule has 5 N–H and O–H groups in total. The molecule has 9 nitrogen and oxygen atoms in total. The number of nitrogens with zero attached hydrogens (tertiary/aromatic N) is 1. The van der Waals surface area contributed by atoms with Gasteiger partial charge in [0.25, 0.3) is 11.5 Å². The Kier molecular flexibility index (Phi) is 6.16. The Morgan fingerprint density at radius 2 is 1.72 bits per heavy atom. The van der Waals surface area contributed by atoms with E-state index in [2.05, 4.69) is 34.6 Å². The Hall–Kier alpha value is -3.36. The van der Waals surface area contributed by atoms with Crippen LogP contribution in [0.5, 0.6) is 5.75 Å². The van der Waals surface area contributed by atoms with Crippen molar-refractivity contribution in [3.05, 3.63) is 62.4 Å². The summed E-state index contributed by atoms with van der Waals surface area (Å²) in [6.07, 6.45) is 5.21. The Morgan fingerprint density at radius 1 is 1.03 bits per heavy atom. The van der Waals surface area contributed by atoms with E-state index in [4.69, 9.17) is 5.73 Å². The number of rotatable bonds is 5. The maximum atomic E-state index is 12.8. The van der Waals surface area contributed by atoms with Gasteiger partial charge in [0.2, 0.25) is 11.7 Å². The minimum Gasteiger partial charge on any atom is -0.501 e. The summed E-state index contributed by atoms with van der Waals surface area (Å²) in [5.74, 6) is -1.81. The number of carbonyl (C=O) groups is 2. The number of H-pyrrole nitrogens is 1. The first-order valence-electron chi connectivity index (χ1n) is 11.1. The van der Waals surface area contributed by atoms with Crippen LogP contribution in [0.25, 0.3) is 0 Å².